The molecule has 1 heterocycles. The Hall–Kier alpha value is -1.32. The Labute approximate surface area is 66.1 Å². The number of hydrogen-bond acceptors (Lipinski definition) is 4. The molecule has 4 heteroatoms. The second-order valence-corrected chi connectivity index (χ2v) is 2.60. The van der Waals surface area contributed by atoms with E-state index in [-0.39, 0.29) is 0 Å². The summed E-state index contributed by atoms with van der Waals surface area (Å²) < 4.78 is 0. The van der Waals surface area contributed by atoms with Crippen LogP contribution in [0.1, 0.15) is 5.56 Å². The first-order valence-corrected chi connectivity index (χ1v) is 3.37. The zero-order valence-corrected chi connectivity index (χ0v) is 7.00. The Kier molecular flexibility index (Phi) is 1.94. The van der Waals surface area contributed by atoms with E-state index in [2.05, 4.69) is 9.97 Å². The molecule has 0 aliphatic carbocycles. The van der Waals surface area contributed by atoms with Crippen molar-refractivity contribution in [3.05, 3.63) is 11.9 Å². The largest absolute Gasteiger partial charge is 0.383 e. The summed E-state index contributed by atoms with van der Waals surface area (Å²) in [6.07, 6.45) is 1.47. The fourth-order valence-corrected chi connectivity index (χ4v) is 0.905. The molecule has 0 aliphatic rings. The predicted octanol–water partition coefficient (Wildman–Crippen LogP) is 0.433. The molecule has 2 N–H and O–H groups in total. The van der Waals surface area contributed by atoms with Gasteiger partial charge in [-0.3, -0.25) is 0 Å². The van der Waals surface area contributed by atoms with Crippen LogP contribution in [0.5, 0.6) is 0 Å². The Morgan fingerprint density at radius 1 is 1.36 bits per heavy atom. The Balaban J connectivity index is 3.17. The van der Waals surface area contributed by atoms with Gasteiger partial charge in [-0.15, -0.1) is 0 Å². The average molecular weight is 152 g/mol. The highest BCUT2D eigenvalue weighted by molar-refractivity contribution is 5.54. The highest BCUT2D eigenvalue weighted by Crippen LogP contribution is 2.16. The van der Waals surface area contributed by atoms with Crippen LogP contribution in [0.15, 0.2) is 6.33 Å². The fraction of sp³-hybridized carbons (Fsp3) is 0.429. The maximum atomic E-state index is 5.58. The maximum absolute atomic E-state index is 5.58. The van der Waals surface area contributed by atoms with Gasteiger partial charge in [0.05, 0.1) is 0 Å². The molecule has 11 heavy (non-hydrogen) atoms. The third-order valence-corrected chi connectivity index (χ3v) is 1.52. The molecule has 0 atom stereocenters. The fourth-order valence-electron chi connectivity index (χ4n) is 0.905. The number of anilines is 2. The minimum atomic E-state index is 0.545. The topological polar surface area (TPSA) is 55.0 Å². The molecule has 4 nitrogen and oxygen atoms in total. The van der Waals surface area contributed by atoms with Gasteiger partial charge in [0.1, 0.15) is 18.0 Å². The van der Waals surface area contributed by atoms with E-state index in [4.69, 9.17) is 5.73 Å². The smallest absolute Gasteiger partial charge is 0.136 e. The number of nitrogens with two attached hydrogens (primary N) is 1. The average Bonchev–Trinajstić information content (AvgIpc) is 1.94. The Morgan fingerprint density at radius 3 is 2.45 bits per heavy atom. The van der Waals surface area contributed by atoms with Gasteiger partial charge in [0.25, 0.3) is 0 Å². The van der Waals surface area contributed by atoms with E-state index >= 15 is 0 Å². The Bertz CT molecular complexity index is 257. The van der Waals surface area contributed by atoms with Crippen LogP contribution < -0.4 is 10.6 Å². The van der Waals surface area contributed by atoms with Gasteiger partial charge in [0.15, 0.2) is 0 Å². The lowest BCUT2D eigenvalue weighted by atomic mass is 10.3. The quantitative estimate of drug-likeness (QED) is 0.634. The summed E-state index contributed by atoms with van der Waals surface area (Å²) in [5.41, 5.74) is 6.51. The van der Waals surface area contributed by atoms with E-state index in [1.807, 2.05) is 25.9 Å². The van der Waals surface area contributed by atoms with Crippen molar-refractivity contribution in [1.29, 1.82) is 0 Å². The lowest BCUT2D eigenvalue weighted by Gasteiger charge is -2.13. The number of hydrogen-bond donors (Lipinski definition) is 1. The van der Waals surface area contributed by atoms with Crippen LogP contribution in [0, 0.1) is 6.92 Å². The minimum absolute atomic E-state index is 0.545. The van der Waals surface area contributed by atoms with Crippen molar-refractivity contribution in [2.75, 3.05) is 24.7 Å². The molecular formula is C7H12N4. The van der Waals surface area contributed by atoms with Gasteiger partial charge < -0.3 is 10.6 Å². The van der Waals surface area contributed by atoms with Crippen LogP contribution in [0.3, 0.4) is 0 Å². The molecule has 1 aromatic rings. The van der Waals surface area contributed by atoms with Crippen molar-refractivity contribution in [2.24, 2.45) is 0 Å². The third kappa shape index (κ3) is 1.39. The van der Waals surface area contributed by atoms with Crippen molar-refractivity contribution >= 4 is 11.6 Å². The van der Waals surface area contributed by atoms with Crippen molar-refractivity contribution in [1.82, 2.24) is 9.97 Å². The number of aromatic nitrogens is 2. The van der Waals surface area contributed by atoms with Crippen LogP contribution >= 0.6 is 0 Å². The summed E-state index contributed by atoms with van der Waals surface area (Å²) in [6.45, 7) is 1.91. The third-order valence-electron chi connectivity index (χ3n) is 1.52. The van der Waals surface area contributed by atoms with E-state index < -0.39 is 0 Å². The van der Waals surface area contributed by atoms with Crippen molar-refractivity contribution in [3.63, 3.8) is 0 Å². The number of nitrogens with zero attached hydrogens (tertiary/aromatic N) is 3. The first kappa shape index (κ1) is 7.78. The van der Waals surface area contributed by atoms with Crippen LogP contribution in [0.2, 0.25) is 0 Å². The van der Waals surface area contributed by atoms with Gasteiger partial charge in [-0.1, -0.05) is 0 Å². The zero-order chi connectivity index (χ0) is 8.43. The van der Waals surface area contributed by atoms with Crippen LogP contribution in [-0.4, -0.2) is 24.1 Å². The molecule has 0 unspecified atom stereocenters. The molecular weight excluding hydrogens is 140 g/mol. The molecule has 0 amide bonds. The monoisotopic (exact) mass is 152 g/mol. The first-order valence-electron chi connectivity index (χ1n) is 3.37. The summed E-state index contributed by atoms with van der Waals surface area (Å²) >= 11 is 0. The van der Waals surface area contributed by atoms with E-state index in [0.717, 1.165) is 11.4 Å². The summed E-state index contributed by atoms with van der Waals surface area (Å²) in [5, 5.41) is 0. The molecule has 0 aromatic carbocycles. The molecule has 1 rings (SSSR count). The summed E-state index contributed by atoms with van der Waals surface area (Å²) in [7, 11) is 3.85. The van der Waals surface area contributed by atoms with Gasteiger partial charge in [-0.05, 0) is 6.92 Å². The van der Waals surface area contributed by atoms with E-state index in [9.17, 15) is 0 Å². The van der Waals surface area contributed by atoms with E-state index in [1.54, 1.807) is 0 Å². The van der Waals surface area contributed by atoms with Crippen LogP contribution in [-0.2, 0) is 0 Å². The zero-order valence-electron chi connectivity index (χ0n) is 7.00. The van der Waals surface area contributed by atoms with Gasteiger partial charge in [0.2, 0.25) is 0 Å². The lowest BCUT2D eigenvalue weighted by molar-refractivity contribution is 1.02. The van der Waals surface area contributed by atoms with Gasteiger partial charge in [-0.25, -0.2) is 9.97 Å². The van der Waals surface area contributed by atoms with Gasteiger partial charge in [-0.2, -0.15) is 0 Å². The summed E-state index contributed by atoms with van der Waals surface area (Å²) in [5.74, 6) is 1.42. The second kappa shape index (κ2) is 2.74. The van der Waals surface area contributed by atoms with Crippen molar-refractivity contribution < 1.29 is 0 Å². The molecule has 60 valence electrons. The first-order chi connectivity index (χ1) is 5.13. The SMILES string of the molecule is Cc1c(N)ncnc1N(C)C. The van der Waals surface area contributed by atoms with Crippen molar-refractivity contribution in [3.8, 4) is 0 Å². The molecule has 0 fully saturated rings. The molecule has 1 aromatic heterocycles. The van der Waals surface area contributed by atoms with Crippen LogP contribution in [0.4, 0.5) is 11.6 Å². The summed E-state index contributed by atoms with van der Waals surface area (Å²) in [4.78, 5) is 9.85. The molecule has 0 spiro atoms. The standard InChI is InChI=1S/C7H12N4/c1-5-6(8)9-4-10-7(5)11(2)3/h4H,1-3H3,(H2,8,9,10). The van der Waals surface area contributed by atoms with Gasteiger partial charge >= 0.3 is 0 Å². The summed E-state index contributed by atoms with van der Waals surface area (Å²) in [6, 6.07) is 0. The van der Waals surface area contributed by atoms with Crippen molar-refractivity contribution in [2.45, 2.75) is 6.92 Å². The highest BCUT2D eigenvalue weighted by atomic mass is 15.1. The normalized spacial score (nSPS) is 9.73. The highest BCUT2D eigenvalue weighted by Gasteiger charge is 2.04. The second-order valence-electron chi connectivity index (χ2n) is 2.60. The molecule has 0 radical (unpaired) electrons. The molecule has 0 saturated heterocycles. The molecule has 0 aliphatic heterocycles. The maximum Gasteiger partial charge on any atom is 0.136 e. The predicted molar refractivity (Wildman–Crippen MR) is 45.5 cm³/mol. The Morgan fingerprint density at radius 2 is 2.00 bits per heavy atom. The molecule has 0 saturated carbocycles. The minimum Gasteiger partial charge on any atom is -0.383 e. The lowest BCUT2D eigenvalue weighted by Crippen LogP contribution is -2.13. The van der Waals surface area contributed by atoms with E-state index in [1.165, 1.54) is 6.33 Å². The molecule has 0 bridgehead atoms. The number of rotatable bonds is 1. The van der Waals surface area contributed by atoms with Gasteiger partial charge in [0, 0.05) is 19.7 Å². The van der Waals surface area contributed by atoms with E-state index in [0.29, 0.717) is 5.82 Å². The number of nitrogen functional groups attached to an aromatic ring is 1. The van der Waals surface area contributed by atoms with Crippen LogP contribution in [0.25, 0.3) is 0 Å².